The van der Waals surface area contributed by atoms with Crippen molar-refractivity contribution in [2.45, 2.75) is 19.4 Å². The van der Waals surface area contributed by atoms with Gasteiger partial charge in [-0.05, 0) is 48.7 Å². The summed E-state index contributed by atoms with van der Waals surface area (Å²) in [6.45, 7) is 2.87. The van der Waals surface area contributed by atoms with E-state index in [1.165, 1.54) is 11.6 Å². The van der Waals surface area contributed by atoms with Crippen molar-refractivity contribution in [1.82, 2.24) is 0 Å². The molecule has 0 unspecified atom stereocenters. The molecule has 1 heterocycles. The highest BCUT2D eigenvalue weighted by atomic mass is 19.1. The fourth-order valence-electron chi connectivity index (χ4n) is 2.58. The Morgan fingerprint density at radius 3 is 2.58 bits per heavy atom. The van der Waals surface area contributed by atoms with E-state index >= 15 is 0 Å². The monoisotopic (exact) mass is 256 g/mol. The summed E-state index contributed by atoms with van der Waals surface area (Å²) < 4.78 is 13.4. The van der Waals surface area contributed by atoms with Gasteiger partial charge in [0.2, 0.25) is 0 Å². The number of anilines is 2. The van der Waals surface area contributed by atoms with Crippen LogP contribution < -0.4 is 10.6 Å². The Morgan fingerprint density at radius 2 is 1.89 bits per heavy atom. The van der Waals surface area contributed by atoms with Crippen molar-refractivity contribution < 1.29 is 4.39 Å². The lowest BCUT2D eigenvalue weighted by Crippen LogP contribution is -2.13. The van der Waals surface area contributed by atoms with Crippen molar-refractivity contribution in [3.63, 3.8) is 0 Å². The molecule has 0 saturated heterocycles. The fraction of sp³-hybridized carbons (Fsp3) is 0.250. The highest BCUT2D eigenvalue weighted by Gasteiger charge is 2.20. The number of nitrogens with two attached hydrogens (primary N) is 1. The van der Waals surface area contributed by atoms with Crippen LogP contribution in [0.3, 0.4) is 0 Å². The van der Waals surface area contributed by atoms with Gasteiger partial charge in [-0.1, -0.05) is 18.2 Å². The molecule has 0 bridgehead atoms. The highest BCUT2D eigenvalue weighted by Crippen LogP contribution is 2.35. The molecule has 2 aromatic carbocycles. The standard InChI is InChI=1S/C16H17FN2/c1-11(18)12-3-6-15(7-4-12)19-9-8-13-2-5-14(17)10-16(13)19/h2-7,10-11H,8-9,18H2,1H3/t11-/m0/s1. The van der Waals surface area contributed by atoms with Crippen LogP contribution in [-0.4, -0.2) is 6.54 Å². The molecule has 0 amide bonds. The van der Waals surface area contributed by atoms with Gasteiger partial charge in [-0.25, -0.2) is 4.39 Å². The van der Waals surface area contributed by atoms with E-state index in [4.69, 9.17) is 5.73 Å². The number of benzene rings is 2. The molecule has 0 spiro atoms. The second-order valence-corrected chi connectivity index (χ2v) is 5.05. The lowest BCUT2D eigenvalue weighted by molar-refractivity contribution is 0.628. The molecule has 0 aliphatic carbocycles. The van der Waals surface area contributed by atoms with E-state index in [-0.39, 0.29) is 11.9 Å². The third-order valence-corrected chi connectivity index (χ3v) is 3.67. The van der Waals surface area contributed by atoms with Crippen LogP contribution in [0.2, 0.25) is 0 Å². The summed E-state index contributed by atoms with van der Waals surface area (Å²) in [5.74, 6) is -0.183. The maximum absolute atomic E-state index is 13.4. The van der Waals surface area contributed by atoms with Crippen molar-refractivity contribution in [1.29, 1.82) is 0 Å². The van der Waals surface area contributed by atoms with Gasteiger partial charge < -0.3 is 10.6 Å². The second-order valence-electron chi connectivity index (χ2n) is 5.05. The summed E-state index contributed by atoms with van der Waals surface area (Å²) in [5, 5.41) is 0. The van der Waals surface area contributed by atoms with Crippen molar-refractivity contribution in [2.24, 2.45) is 5.73 Å². The number of hydrogen-bond acceptors (Lipinski definition) is 2. The summed E-state index contributed by atoms with van der Waals surface area (Å²) in [5.41, 5.74) is 10.2. The van der Waals surface area contributed by atoms with Gasteiger partial charge >= 0.3 is 0 Å². The van der Waals surface area contributed by atoms with E-state index in [9.17, 15) is 4.39 Å². The average molecular weight is 256 g/mol. The van der Waals surface area contributed by atoms with Gasteiger partial charge in [0.15, 0.2) is 0 Å². The molecule has 2 nitrogen and oxygen atoms in total. The van der Waals surface area contributed by atoms with Gasteiger partial charge in [-0.15, -0.1) is 0 Å². The minimum Gasteiger partial charge on any atom is -0.341 e. The molecule has 19 heavy (non-hydrogen) atoms. The summed E-state index contributed by atoms with van der Waals surface area (Å²) >= 11 is 0. The molecule has 1 aliphatic rings. The van der Waals surface area contributed by atoms with E-state index in [0.717, 1.165) is 29.9 Å². The molecule has 0 aromatic heterocycles. The molecule has 0 radical (unpaired) electrons. The molecular weight excluding hydrogens is 239 g/mol. The van der Waals surface area contributed by atoms with Crippen LogP contribution in [0.4, 0.5) is 15.8 Å². The van der Waals surface area contributed by atoms with Gasteiger partial charge in [0.25, 0.3) is 0 Å². The largest absolute Gasteiger partial charge is 0.341 e. The number of fused-ring (bicyclic) bond motifs is 1. The zero-order valence-electron chi connectivity index (χ0n) is 10.9. The summed E-state index contributed by atoms with van der Waals surface area (Å²) in [7, 11) is 0. The average Bonchev–Trinajstić information content (AvgIpc) is 2.81. The molecule has 98 valence electrons. The van der Waals surface area contributed by atoms with Gasteiger partial charge in [0.05, 0.1) is 0 Å². The Labute approximate surface area is 112 Å². The SMILES string of the molecule is C[C@H](N)c1ccc(N2CCc3ccc(F)cc32)cc1. The lowest BCUT2D eigenvalue weighted by atomic mass is 10.1. The first-order valence-electron chi connectivity index (χ1n) is 6.56. The van der Waals surface area contributed by atoms with E-state index in [1.807, 2.05) is 25.1 Å². The predicted molar refractivity (Wildman–Crippen MR) is 76.2 cm³/mol. The van der Waals surface area contributed by atoms with Gasteiger partial charge in [0.1, 0.15) is 5.82 Å². The van der Waals surface area contributed by atoms with E-state index in [0.29, 0.717) is 0 Å². The minimum atomic E-state index is -0.183. The Hall–Kier alpha value is -1.87. The molecule has 2 N–H and O–H groups in total. The zero-order chi connectivity index (χ0) is 13.4. The number of halogens is 1. The third kappa shape index (κ3) is 2.22. The third-order valence-electron chi connectivity index (χ3n) is 3.67. The number of nitrogens with zero attached hydrogens (tertiary/aromatic N) is 1. The van der Waals surface area contributed by atoms with E-state index < -0.39 is 0 Å². The predicted octanol–water partition coefficient (Wildman–Crippen LogP) is 3.54. The molecule has 3 rings (SSSR count). The van der Waals surface area contributed by atoms with Crippen LogP contribution in [0.15, 0.2) is 42.5 Å². The summed E-state index contributed by atoms with van der Waals surface area (Å²) in [4.78, 5) is 2.16. The normalized spacial score (nSPS) is 15.4. The van der Waals surface area contributed by atoms with E-state index in [1.54, 1.807) is 6.07 Å². The van der Waals surface area contributed by atoms with Crippen LogP contribution >= 0.6 is 0 Å². The molecule has 0 saturated carbocycles. The van der Waals surface area contributed by atoms with Crippen LogP contribution in [0.1, 0.15) is 24.1 Å². The van der Waals surface area contributed by atoms with Crippen molar-refractivity contribution in [2.75, 3.05) is 11.4 Å². The summed E-state index contributed by atoms with van der Waals surface area (Å²) in [6, 6.07) is 13.2. The number of hydrogen-bond donors (Lipinski definition) is 1. The quantitative estimate of drug-likeness (QED) is 0.890. The van der Waals surface area contributed by atoms with E-state index in [2.05, 4.69) is 17.0 Å². The van der Waals surface area contributed by atoms with Crippen LogP contribution in [-0.2, 0) is 6.42 Å². The smallest absolute Gasteiger partial charge is 0.125 e. The molecular formula is C16H17FN2. The highest BCUT2D eigenvalue weighted by molar-refractivity contribution is 5.70. The maximum Gasteiger partial charge on any atom is 0.125 e. The Bertz CT molecular complexity index is 590. The topological polar surface area (TPSA) is 29.3 Å². The van der Waals surface area contributed by atoms with Gasteiger partial charge in [-0.3, -0.25) is 0 Å². The lowest BCUT2D eigenvalue weighted by Gasteiger charge is -2.20. The second kappa shape index (κ2) is 4.67. The number of rotatable bonds is 2. The molecule has 2 aromatic rings. The Morgan fingerprint density at radius 1 is 1.16 bits per heavy atom. The van der Waals surface area contributed by atoms with Crippen LogP contribution in [0.5, 0.6) is 0 Å². The van der Waals surface area contributed by atoms with Gasteiger partial charge in [0, 0.05) is 24.0 Å². The zero-order valence-corrected chi connectivity index (χ0v) is 10.9. The van der Waals surface area contributed by atoms with Crippen molar-refractivity contribution >= 4 is 11.4 Å². The first-order chi connectivity index (χ1) is 9.15. The molecule has 1 atom stereocenters. The van der Waals surface area contributed by atoms with Crippen LogP contribution in [0.25, 0.3) is 0 Å². The first kappa shape index (κ1) is 12.2. The molecule has 3 heteroatoms. The van der Waals surface area contributed by atoms with Crippen molar-refractivity contribution in [3.8, 4) is 0 Å². The first-order valence-corrected chi connectivity index (χ1v) is 6.56. The molecule has 0 fully saturated rings. The Balaban J connectivity index is 1.95. The maximum atomic E-state index is 13.4. The van der Waals surface area contributed by atoms with Gasteiger partial charge in [-0.2, -0.15) is 0 Å². The van der Waals surface area contributed by atoms with Crippen molar-refractivity contribution in [3.05, 3.63) is 59.4 Å². The van der Waals surface area contributed by atoms with Crippen LogP contribution in [0, 0.1) is 5.82 Å². The molecule has 1 aliphatic heterocycles. The minimum absolute atomic E-state index is 0.0392. The Kier molecular flexibility index (Phi) is 2.99. The fourth-order valence-corrected chi connectivity index (χ4v) is 2.58. The summed E-state index contributed by atoms with van der Waals surface area (Å²) in [6.07, 6.45) is 0.963.